The van der Waals surface area contributed by atoms with E-state index in [1.54, 1.807) is 22.9 Å². The van der Waals surface area contributed by atoms with E-state index in [4.69, 9.17) is 17.3 Å². The first-order chi connectivity index (χ1) is 9.85. The number of hydrogen-bond acceptors (Lipinski definition) is 4. The van der Waals surface area contributed by atoms with Crippen LogP contribution in [0.25, 0.3) is 11.3 Å². The van der Waals surface area contributed by atoms with Crippen molar-refractivity contribution < 1.29 is 8.42 Å². The Hall–Kier alpha value is -1.05. The van der Waals surface area contributed by atoms with E-state index in [0.29, 0.717) is 23.0 Å². The van der Waals surface area contributed by atoms with E-state index in [-0.39, 0.29) is 17.5 Å². The standard InChI is InChI=1S/C13H13BrClN3O2S/c14-11-5-8(15)1-2-10(11)12-6-13(16)18(17-12)9-3-4-21(19,20)7-9/h1-2,5-6,9H,3-4,7,16H2. The van der Waals surface area contributed by atoms with Gasteiger partial charge in [-0.1, -0.05) is 33.6 Å². The molecule has 0 spiro atoms. The Kier molecular flexibility index (Phi) is 3.75. The monoisotopic (exact) mass is 389 g/mol. The molecule has 0 bridgehead atoms. The molecule has 1 aromatic heterocycles. The summed E-state index contributed by atoms with van der Waals surface area (Å²) in [6.45, 7) is 0. The highest BCUT2D eigenvalue weighted by molar-refractivity contribution is 9.10. The van der Waals surface area contributed by atoms with Crippen LogP contribution in [0.3, 0.4) is 0 Å². The van der Waals surface area contributed by atoms with Gasteiger partial charge in [0.15, 0.2) is 9.84 Å². The van der Waals surface area contributed by atoms with Crippen LogP contribution in [-0.2, 0) is 9.84 Å². The fraction of sp³-hybridized carbons (Fsp3) is 0.308. The van der Waals surface area contributed by atoms with Crippen molar-refractivity contribution in [3.8, 4) is 11.3 Å². The summed E-state index contributed by atoms with van der Waals surface area (Å²) in [5.74, 6) is 0.755. The summed E-state index contributed by atoms with van der Waals surface area (Å²) in [6, 6.07) is 6.97. The molecule has 0 aliphatic carbocycles. The molecule has 112 valence electrons. The number of rotatable bonds is 2. The number of nitrogen functional groups attached to an aromatic ring is 1. The maximum atomic E-state index is 11.6. The number of nitrogens with two attached hydrogens (primary N) is 1. The van der Waals surface area contributed by atoms with E-state index in [1.165, 1.54) is 0 Å². The van der Waals surface area contributed by atoms with Crippen molar-refractivity contribution in [1.82, 2.24) is 9.78 Å². The Morgan fingerprint density at radius 3 is 2.76 bits per heavy atom. The molecule has 2 N–H and O–H groups in total. The summed E-state index contributed by atoms with van der Waals surface area (Å²) < 4.78 is 25.6. The van der Waals surface area contributed by atoms with Gasteiger partial charge in [-0.3, -0.25) is 0 Å². The van der Waals surface area contributed by atoms with Crippen LogP contribution >= 0.6 is 27.5 Å². The second-order valence-corrected chi connectivity index (χ2v) is 8.60. The highest BCUT2D eigenvalue weighted by atomic mass is 79.9. The molecule has 1 fully saturated rings. The lowest BCUT2D eigenvalue weighted by Crippen LogP contribution is -2.14. The molecular weight excluding hydrogens is 378 g/mol. The Balaban J connectivity index is 1.98. The van der Waals surface area contributed by atoms with Crippen LogP contribution in [0.15, 0.2) is 28.7 Å². The van der Waals surface area contributed by atoms with Crippen molar-refractivity contribution in [3.63, 3.8) is 0 Å². The van der Waals surface area contributed by atoms with Crippen molar-refractivity contribution in [2.45, 2.75) is 12.5 Å². The van der Waals surface area contributed by atoms with Gasteiger partial charge in [0.1, 0.15) is 5.82 Å². The highest BCUT2D eigenvalue weighted by Crippen LogP contribution is 2.33. The molecule has 5 nitrogen and oxygen atoms in total. The van der Waals surface area contributed by atoms with Crippen LogP contribution in [0.1, 0.15) is 12.5 Å². The summed E-state index contributed by atoms with van der Waals surface area (Å²) in [4.78, 5) is 0. The molecule has 2 heterocycles. The third kappa shape index (κ3) is 2.95. The van der Waals surface area contributed by atoms with Gasteiger partial charge in [0.25, 0.3) is 0 Å². The van der Waals surface area contributed by atoms with Crippen molar-refractivity contribution in [1.29, 1.82) is 0 Å². The molecule has 0 saturated carbocycles. The third-order valence-electron chi connectivity index (χ3n) is 3.53. The Bertz CT molecular complexity index is 804. The topological polar surface area (TPSA) is 78.0 Å². The summed E-state index contributed by atoms with van der Waals surface area (Å²) >= 11 is 9.38. The number of nitrogens with zero attached hydrogens (tertiary/aromatic N) is 2. The SMILES string of the molecule is Nc1cc(-c2ccc(Cl)cc2Br)nn1C1CCS(=O)(=O)C1. The molecular formula is C13H13BrClN3O2S. The van der Waals surface area contributed by atoms with Gasteiger partial charge in [0.2, 0.25) is 0 Å². The summed E-state index contributed by atoms with van der Waals surface area (Å²) in [7, 11) is -2.97. The lowest BCUT2D eigenvalue weighted by molar-refractivity contribution is 0.508. The minimum absolute atomic E-state index is 0.0973. The number of hydrogen-bond donors (Lipinski definition) is 1. The molecule has 1 atom stereocenters. The van der Waals surface area contributed by atoms with Gasteiger partial charge >= 0.3 is 0 Å². The van der Waals surface area contributed by atoms with Crippen LogP contribution < -0.4 is 5.73 Å². The summed E-state index contributed by atoms with van der Waals surface area (Å²) in [5.41, 5.74) is 7.55. The molecule has 1 aromatic carbocycles. The van der Waals surface area contributed by atoms with Gasteiger partial charge in [0, 0.05) is 21.1 Å². The van der Waals surface area contributed by atoms with Gasteiger partial charge in [-0.05, 0) is 18.6 Å². The fourth-order valence-electron chi connectivity index (χ4n) is 2.50. The first kappa shape index (κ1) is 14.9. The Labute approximate surface area is 136 Å². The maximum absolute atomic E-state index is 11.6. The molecule has 1 aliphatic rings. The minimum atomic E-state index is -2.97. The highest BCUT2D eigenvalue weighted by Gasteiger charge is 2.31. The molecule has 21 heavy (non-hydrogen) atoms. The number of halogens is 2. The molecule has 1 aliphatic heterocycles. The number of aromatic nitrogens is 2. The van der Waals surface area contributed by atoms with Crippen LogP contribution in [0.5, 0.6) is 0 Å². The molecule has 3 rings (SSSR count). The summed E-state index contributed by atoms with van der Waals surface area (Å²) in [6.07, 6.45) is 0.551. The normalized spacial score (nSPS) is 20.8. The molecule has 1 unspecified atom stereocenters. The van der Waals surface area contributed by atoms with E-state index in [0.717, 1.165) is 10.0 Å². The average molecular weight is 391 g/mol. The van der Waals surface area contributed by atoms with Gasteiger partial charge < -0.3 is 5.73 Å². The largest absolute Gasteiger partial charge is 0.384 e. The molecule has 0 amide bonds. The van der Waals surface area contributed by atoms with Gasteiger partial charge in [-0.2, -0.15) is 5.10 Å². The first-order valence-electron chi connectivity index (χ1n) is 6.36. The lowest BCUT2D eigenvalue weighted by Gasteiger charge is -2.10. The van der Waals surface area contributed by atoms with Gasteiger partial charge in [-0.25, -0.2) is 13.1 Å². The molecule has 2 aromatic rings. The van der Waals surface area contributed by atoms with Crippen molar-refractivity contribution in [2.75, 3.05) is 17.2 Å². The predicted octanol–water partition coefficient (Wildman–Crippen LogP) is 2.91. The van der Waals surface area contributed by atoms with Crippen LogP contribution in [0, 0.1) is 0 Å². The Morgan fingerprint density at radius 1 is 1.38 bits per heavy atom. The third-order valence-corrected chi connectivity index (χ3v) is 6.17. The van der Waals surface area contributed by atoms with Gasteiger partial charge in [0.05, 0.1) is 23.2 Å². The van der Waals surface area contributed by atoms with Crippen molar-refractivity contribution in [2.24, 2.45) is 0 Å². The second-order valence-electron chi connectivity index (χ2n) is 5.08. The predicted molar refractivity (Wildman–Crippen MR) is 87.1 cm³/mol. The average Bonchev–Trinajstić information content (AvgIpc) is 2.92. The molecule has 8 heteroatoms. The van der Waals surface area contributed by atoms with E-state index in [9.17, 15) is 8.42 Å². The number of sulfone groups is 1. The zero-order chi connectivity index (χ0) is 15.2. The minimum Gasteiger partial charge on any atom is -0.384 e. The molecule has 0 radical (unpaired) electrons. The smallest absolute Gasteiger partial charge is 0.152 e. The van der Waals surface area contributed by atoms with Crippen LogP contribution in [0.2, 0.25) is 5.02 Å². The zero-order valence-electron chi connectivity index (χ0n) is 11.0. The van der Waals surface area contributed by atoms with E-state index in [1.807, 2.05) is 6.07 Å². The van der Waals surface area contributed by atoms with Crippen molar-refractivity contribution >= 4 is 43.2 Å². The van der Waals surface area contributed by atoms with Crippen LogP contribution in [-0.4, -0.2) is 29.7 Å². The number of benzene rings is 1. The fourth-order valence-corrected chi connectivity index (χ4v) is 5.08. The maximum Gasteiger partial charge on any atom is 0.152 e. The second kappa shape index (κ2) is 5.30. The van der Waals surface area contributed by atoms with E-state index >= 15 is 0 Å². The summed E-state index contributed by atoms with van der Waals surface area (Å²) in [5, 5.41) is 5.10. The van der Waals surface area contributed by atoms with Crippen molar-refractivity contribution in [3.05, 3.63) is 33.8 Å². The van der Waals surface area contributed by atoms with Crippen LogP contribution in [0.4, 0.5) is 5.82 Å². The van der Waals surface area contributed by atoms with E-state index in [2.05, 4.69) is 21.0 Å². The van der Waals surface area contributed by atoms with Gasteiger partial charge in [-0.15, -0.1) is 0 Å². The van der Waals surface area contributed by atoms with E-state index < -0.39 is 9.84 Å². The molecule has 1 saturated heterocycles. The first-order valence-corrected chi connectivity index (χ1v) is 9.36. The lowest BCUT2D eigenvalue weighted by atomic mass is 10.1. The quantitative estimate of drug-likeness (QED) is 0.855. The number of anilines is 1. The Morgan fingerprint density at radius 2 is 2.14 bits per heavy atom. The zero-order valence-corrected chi connectivity index (χ0v) is 14.1.